The van der Waals surface area contributed by atoms with Crippen LogP contribution in [0.25, 0.3) is 22.6 Å². The molecule has 7 nitrogen and oxygen atoms in total. The summed E-state index contributed by atoms with van der Waals surface area (Å²) in [6.45, 7) is 4.14. The minimum Gasteiger partial charge on any atom is -0.497 e. The van der Waals surface area contributed by atoms with E-state index in [1.54, 1.807) is 7.11 Å². The fraction of sp³-hybridized carbons (Fsp3) is 0.308. The van der Waals surface area contributed by atoms with E-state index >= 15 is 0 Å². The third kappa shape index (κ3) is 1.78. The highest BCUT2D eigenvalue weighted by atomic mass is 16.6. The maximum absolute atomic E-state index is 5.77. The Morgan fingerprint density at radius 2 is 2.10 bits per heavy atom. The lowest BCUT2D eigenvalue weighted by atomic mass is 10.2. The van der Waals surface area contributed by atoms with Crippen molar-refractivity contribution in [3.8, 4) is 17.3 Å². The zero-order valence-corrected chi connectivity index (χ0v) is 11.5. The molecule has 2 heterocycles. The van der Waals surface area contributed by atoms with E-state index < -0.39 is 0 Å². The molecule has 0 atom stereocenters. The highest BCUT2D eigenvalue weighted by Gasteiger charge is 2.20. The van der Waals surface area contributed by atoms with Crippen LogP contribution < -0.4 is 10.5 Å². The first-order valence-corrected chi connectivity index (χ1v) is 6.26. The Hall–Kier alpha value is -2.57. The lowest BCUT2D eigenvalue weighted by Crippen LogP contribution is -2.04. The van der Waals surface area contributed by atoms with Gasteiger partial charge in [-0.1, -0.05) is 0 Å². The largest absolute Gasteiger partial charge is 0.497 e. The third-order valence-electron chi connectivity index (χ3n) is 3.14. The molecule has 0 fully saturated rings. The molecule has 0 aliphatic carbocycles. The summed E-state index contributed by atoms with van der Waals surface area (Å²) in [6.07, 6.45) is 0. The van der Waals surface area contributed by atoms with E-state index in [0.29, 0.717) is 11.5 Å². The van der Waals surface area contributed by atoms with Crippen LogP contribution in [0.4, 0.5) is 5.82 Å². The summed E-state index contributed by atoms with van der Waals surface area (Å²) in [5, 5.41) is 7.45. The first kappa shape index (κ1) is 12.5. The standard InChI is InChI=1S/C13H15N5O2/c1-7(2)18-10-5-4-8(19-3)6-9(10)15-13(18)11-12(14)17-20-16-11/h4-7H,1-3H3,(H2,14,17). The van der Waals surface area contributed by atoms with Crippen LogP contribution in [0.3, 0.4) is 0 Å². The molecular formula is C13H15N5O2. The molecule has 20 heavy (non-hydrogen) atoms. The van der Waals surface area contributed by atoms with Crippen molar-refractivity contribution in [1.82, 2.24) is 19.9 Å². The zero-order chi connectivity index (χ0) is 14.3. The molecule has 1 aromatic carbocycles. The molecule has 0 amide bonds. The topological polar surface area (TPSA) is 92.0 Å². The van der Waals surface area contributed by atoms with Crippen molar-refractivity contribution in [3.63, 3.8) is 0 Å². The smallest absolute Gasteiger partial charge is 0.199 e. The summed E-state index contributed by atoms with van der Waals surface area (Å²) >= 11 is 0. The minimum absolute atomic E-state index is 0.194. The van der Waals surface area contributed by atoms with Crippen LogP contribution in [0.1, 0.15) is 19.9 Å². The van der Waals surface area contributed by atoms with Crippen LogP contribution >= 0.6 is 0 Å². The molecule has 0 saturated carbocycles. The highest BCUT2D eigenvalue weighted by Crippen LogP contribution is 2.31. The fourth-order valence-electron chi connectivity index (χ4n) is 2.25. The number of imidazole rings is 1. The molecule has 0 aliphatic rings. The van der Waals surface area contributed by atoms with E-state index in [1.807, 2.05) is 22.8 Å². The van der Waals surface area contributed by atoms with Crippen LogP contribution in [0, 0.1) is 0 Å². The molecule has 0 radical (unpaired) electrons. The van der Waals surface area contributed by atoms with Gasteiger partial charge in [0.1, 0.15) is 5.75 Å². The second-order valence-electron chi connectivity index (χ2n) is 4.75. The highest BCUT2D eigenvalue weighted by molar-refractivity contribution is 5.83. The first-order valence-electron chi connectivity index (χ1n) is 6.26. The molecule has 0 unspecified atom stereocenters. The maximum Gasteiger partial charge on any atom is 0.199 e. The number of nitrogens with zero attached hydrogens (tertiary/aromatic N) is 4. The van der Waals surface area contributed by atoms with Gasteiger partial charge in [-0.05, 0) is 36.3 Å². The monoisotopic (exact) mass is 273 g/mol. The van der Waals surface area contributed by atoms with E-state index in [1.165, 1.54) is 0 Å². The number of rotatable bonds is 3. The van der Waals surface area contributed by atoms with Crippen molar-refractivity contribution >= 4 is 16.9 Å². The SMILES string of the molecule is COc1ccc2c(c1)nc(-c1nonc1N)n2C(C)C. The summed E-state index contributed by atoms with van der Waals surface area (Å²) in [7, 11) is 1.63. The van der Waals surface area contributed by atoms with Gasteiger partial charge in [-0.25, -0.2) is 9.61 Å². The Morgan fingerprint density at radius 1 is 1.30 bits per heavy atom. The normalized spacial score (nSPS) is 11.4. The van der Waals surface area contributed by atoms with Gasteiger partial charge in [0.15, 0.2) is 17.3 Å². The average molecular weight is 273 g/mol. The van der Waals surface area contributed by atoms with Gasteiger partial charge in [-0.15, -0.1) is 0 Å². The first-order chi connectivity index (χ1) is 9.61. The number of methoxy groups -OCH3 is 1. The number of ether oxygens (including phenoxy) is 1. The molecule has 0 bridgehead atoms. The minimum atomic E-state index is 0.194. The second-order valence-corrected chi connectivity index (χ2v) is 4.75. The quantitative estimate of drug-likeness (QED) is 0.786. The van der Waals surface area contributed by atoms with Gasteiger partial charge < -0.3 is 15.0 Å². The van der Waals surface area contributed by atoms with Gasteiger partial charge in [0.05, 0.1) is 18.1 Å². The summed E-state index contributed by atoms with van der Waals surface area (Å²) in [5.74, 6) is 1.62. The van der Waals surface area contributed by atoms with Crippen molar-refractivity contribution in [2.45, 2.75) is 19.9 Å². The van der Waals surface area contributed by atoms with Gasteiger partial charge >= 0.3 is 0 Å². The van der Waals surface area contributed by atoms with E-state index in [2.05, 4.69) is 33.8 Å². The molecule has 0 saturated heterocycles. The van der Waals surface area contributed by atoms with Crippen molar-refractivity contribution in [2.24, 2.45) is 0 Å². The van der Waals surface area contributed by atoms with Gasteiger partial charge in [0.25, 0.3) is 0 Å². The van der Waals surface area contributed by atoms with Crippen molar-refractivity contribution in [3.05, 3.63) is 18.2 Å². The second kappa shape index (κ2) is 4.52. The van der Waals surface area contributed by atoms with Crippen LogP contribution in [0.15, 0.2) is 22.8 Å². The molecule has 104 valence electrons. The Labute approximate surface area is 115 Å². The molecule has 2 aromatic heterocycles. The summed E-state index contributed by atoms with van der Waals surface area (Å²) < 4.78 is 11.9. The molecule has 3 aromatic rings. The third-order valence-corrected chi connectivity index (χ3v) is 3.14. The van der Waals surface area contributed by atoms with Crippen LogP contribution in [0.5, 0.6) is 5.75 Å². The summed E-state index contributed by atoms with van der Waals surface area (Å²) in [4.78, 5) is 4.59. The number of nitrogens with two attached hydrogens (primary N) is 1. The molecular weight excluding hydrogens is 258 g/mol. The number of benzene rings is 1. The van der Waals surface area contributed by atoms with Crippen molar-refractivity contribution in [1.29, 1.82) is 0 Å². The van der Waals surface area contributed by atoms with E-state index in [-0.39, 0.29) is 11.9 Å². The Bertz CT molecular complexity index is 759. The number of anilines is 1. The van der Waals surface area contributed by atoms with E-state index in [9.17, 15) is 0 Å². The molecule has 3 rings (SSSR count). The Balaban J connectivity index is 2.31. The van der Waals surface area contributed by atoms with Crippen molar-refractivity contribution in [2.75, 3.05) is 12.8 Å². The number of hydrogen-bond donors (Lipinski definition) is 1. The zero-order valence-electron chi connectivity index (χ0n) is 11.5. The summed E-state index contributed by atoms with van der Waals surface area (Å²) in [5.41, 5.74) is 8.03. The molecule has 0 spiro atoms. The van der Waals surface area contributed by atoms with Crippen LogP contribution in [-0.2, 0) is 0 Å². The average Bonchev–Trinajstić information content (AvgIpc) is 3.00. The lowest BCUT2D eigenvalue weighted by molar-refractivity contribution is 0.310. The molecule has 2 N–H and O–H groups in total. The van der Waals surface area contributed by atoms with Gasteiger partial charge in [-0.3, -0.25) is 0 Å². The number of hydrogen-bond acceptors (Lipinski definition) is 6. The Morgan fingerprint density at radius 3 is 2.70 bits per heavy atom. The lowest BCUT2D eigenvalue weighted by Gasteiger charge is -2.11. The van der Waals surface area contributed by atoms with Crippen molar-refractivity contribution < 1.29 is 9.37 Å². The number of nitrogen functional groups attached to an aromatic ring is 1. The summed E-state index contributed by atoms with van der Waals surface area (Å²) in [6, 6.07) is 5.94. The number of fused-ring (bicyclic) bond motifs is 1. The molecule has 7 heteroatoms. The number of aromatic nitrogens is 4. The van der Waals surface area contributed by atoms with Gasteiger partial charge in [0.2, 0.25) is 0 Å². The maximum atomic E-state index is 5.77. The Kier molecular flexibility index (Phi) is 2.81. The van der Waals surface area contributed by atoms with Gasteiger partial charge in [-0.2, -0.15) is 0 Å². The van der Waals surface area contributed by atoms with Gasteiger partial charge in [0, 0.05) is 12.1 Å². The molecule has 0 aliphatic heterocycles. The fourth-order valence-corrected chi connectivity index (χ4v) is 2.25. The van der Waals surface area contributed by atoms with Crippen LogP contribution in [-0.4, -0.2) is 27.0 Å². The van der Waals surface area contributed by atoms with E-state index in [0.717, 1.165) is 16.8 Å². The predicted octanol–water partition coefficient (Wildman–Crippen LogP) is 2.26. The predicted molar refractivity (Wildman–Crippen MR) is 74.4 cm³/mol. The van der Waals surface area contributed by atoms with Crippen LogP contribution in [0.2, 0.25) is 0 Å². The van der Waals surface area contributed by atoms with E-state index in [4.69, 9.17) is 10.5 Å².